The largest absolute Gasteiger partial charge is 0.315 e. The number of rotatable bonds is 9. The lowest BCUT2D eigenvalue weighted by molar-refractivity contribution is 0.203. The van der Waals surface area contributed by atoms with Gasteiger partial charge in [-0.05, 0) is 51.7 Å². The van der Waals surface area contributed by atoms with Gasteiger partial charge in [0.05, 0.1) is 0 Å². The number of nitrogens with zero attached hydrogens (tertiary/aromatic N) is 1. The summed E-state index contributed by atoms with van der Waals surface area (Å²) in [6.07, 6.45) is 8.48. The van der Waals surface area contributed by atoms with Gasteiger partial charge < -0.3 is 10.2 Å². The fourth-order valence-corrected chi connectivity index (χ4v) is 2.28. The molecule has 1 N–H and O–H groups in total. The SMILES string of the molecule is CC(C)NCCCCCN(C)CC1CCC1. The molecule has 0 amide bonds. The number of hydrogen-bond donors (Lipinski definition) is 1. The molecule has 1 saturated carbocycles. The Morgan fingerprint density at radius 2 is 1.94 bits per heavy atom. The van der Waals surface area contributed by atoms with Crippen LogP contribution in [-0.4, -0.2) is 37.6 Å². The quantitative estimate of drug-likeness (QED) is 0.608. The number of unbranched alkanes of at least 4 members (excludes halogenated alkanes) is 2. The van der Waals surface area contributed by atoms with Gasteiger partial charge in [0.15, 0.2) is 0 Å². The Balaban J connectivity index is 1.82. The van der Waals surface area contributed by atoms with Crippen LogP contribution >= 0.6 is 0 Å². The maximum Gasteiger partial charge on any atom is 0.00103 e. The van der Waals surface area contributed by atoms with Crippen molar-refractivity contribution < 1.29 is 0 Å². The van der Waals surface area contributed by atoms with Crippen molar-refractivity contribution in [2.75, 3.05) is 26.7 Å². The molecule has 16 heavy (non-hydrogen) atoms. The molecule has 0 aromatic rings. The summed E-state index contributed by atoms with van der Waals surface area (Å²) in [4.78, 5) is 2.53. The average molecular weight is 226 g/mol. The van der Waals surface area contributed by atoms with Crippen LogP contribution in [0.4, 0.5) is 0 Å². The zero-order valence-corrected chi connectivity index (χ0v) is 11.5. The van der Waals surface area contributed by atoms with E-state index < -0.39 is 0 Å². The molecule has 0 atom stereocenters. The summed E-state index contributed by atoms with van der Waals surface area (Å²) >= 11 is 0. The molecule has 0 aromatic heterocycles. The molecule has 2 heteroatoms. The predicted molar refractivity (Wildman–Crippen MR) is 71.8 cm³/mol. The minimum absolute atomic E-state index is 0.640. The van der Waals surface area contributed by atoms with Crippen LogP contribution in [0.25, 0.3) is 0 Å². The first-order valence-electron chi connectivity index (χ1n) is 7.10. The summed E-state index contributed by atoms with van der Waals surface area (Å²) < 4.78 is 0. The van der Waals surface area contributed by atoms with E-state index in [1.165, 1.54) is 58.2 Å². The van der Waals surface area contributed by atoms with E-state index in [2.05, 4.69) is 31.1 Å². The fraction of sp³-hybridized carbons (Fsp3) is 1.00. The van der Waals surface area contributed by atoms with Crippen LogP contribution in [0, 0.1) is 5.92 Å². The summed E-state index contributed by atoms with van der Waals surface area (Å²) in [5, 5.41) is 3.47. The summed E-state index contributed by atoms with van der Waals surface area (Å²) in [5.41, 5.74) is 0. The van der Waals surface area contributed by atoms with Crippen molar-refractivity contribution in [1.82, 2.24) is 10.2 Å². The van der Waals surface area contributed by atoms with E-state index in [-0.39, 0.29) is 0 Å². The van der Waals surface area contributed by atoms with Crippen molar-refractivity contribution in [2.45, 2.75) is 58.4 Å². The monoisotopic (exact) mass is 226 g/mol. The highest BCUT2D eigenvalue weighted by Gasteiger charge is 2.18. The lowest BCUT2D eigenvalue weighted by Gasteiger charge is -2.30. The van der Waals surface area contributed by atoms with E-state index in [0.717, 1.165) is 5.92 Å². The fourth-order valence-electron chi connectivity index (χ4n) is 2.28. The lowest BCUT2D eigenvalue weighted by atomic mass is 9.85. The summed E-state index contributed by atoms with van der Waals surface area (Å²) in [6, 6.07) is 0.640. The van der Waals surface area contributed by atoms with Crippen LogP contribution in [0.1, 0.15) is 52.4 Å². The Bertz CT molecular complexity index is 164. The Labute approximate surface area is 102 Å². The van der Waals surface area contributed by atoms with Crippen LogP contribution in [0.15, 0.2) is 0 Å². The Morgan fingerprint density at radius 1 is 1.19 bits per heavy atom. The standard InChI is InChI=1S/C14H30N2/c1-13(2)15-10-5-4-6-11-16(3)12-14-8-7-9-14/h13-15H,4-12H2,1-3H3. The molecule has 0 saturated heterocycles. The van der Waals surface area contributed by atoms with Gasteiger partial charge in [0, 0.05) is 12.6 Å². The van der Waals surface area contributed by atoms with E-state index in [0.29, 0.717) is 6.04 Å². The van der Waals surface area contributed by atoms with E-state index in [1.807, 2.05) is 0 Å². The molecule has 96 valence electrons. The van der Waals surface area contributed by atoms with Gasteiger partial charge in [0.2, 0.25) is 0 Å². The molecule has 0 spiro atoms. The summed E-state index contributed by atoms with van der Waals surface area (Å²) in [5.74, 6) is 1.02. The van der Waals surface area contributed by atoms with Crippen LogP contribution in [0.3, 0.4) is 0 Å². The van der Waals surface area contributed by atoms with E-state index >= 15 is 0 Å². The molecule has 2 nitrogen and oxygen atoms in total. The highest BCUT2D eigenvalue weighted by Crippen LogP contribution is 2.26. The van der Waals surface area contributed by atoms with Gasteiger partial charge in [0.1, 0.15) is 0 Å². The minimum Gasteiger partial charge on any atom is -0.315 e. The Hall–Kier alpha value is -0.0800. The normalized spacial score (nSPS) is 17.1. The Kier molecular flexibility index (Phi) is 7.06. The summed E-state index contributed by atoms with van der Waals surface area (Å²) in [7, 11) is 2.28. The molecule has 0 radical (unpaired) electrons. The number of hydrogen-bond acceptors (Lipinski definition) is 2. The first kappa shape index (κ1) is 14.0. The van der Waals surface area contributed by atoms with E-state index in [9.17, 15) is 0 Å². The molecule has 0 aromatic carbocycles. The Morgan fingerprint density at radius 3 is 2.50 bits per heavy atom. The van der Waals surface area contributed by atoms with Gasteiger partial charge in [-0.1, -0.05) is 26.7 Å². The van der Waals surface area contributed by atoms with Crippen LogP contribution < -0.4 is 5.32 Å². The minimum atomic E-state index is 0.640. The smallest absolute Gasteiger partial charge is 0.00103 e. The van der Waals surface area contributed by atoms with Crippen LogP contribution in [0.5, 0.6) is 0 Å². The third-order valence-electron chi connectivity index (χ3n) is 3.56. The second-order valence-electron chi connectivity index (χ2n) is 5.73. The maximum absolute atomic E-state index is 3.47. The van der Waals surface area contributed by atoms with Gasteiger partial charge in [-0.15, -0.1) is 0 Å². The highest BCUT2D eigenvalue weighted by molar-refractivity contribution is 4.72. The van der Waals surface area contributed by atoms with Gasteiger partial charge >= 0.3 is 0 Å². The summed E-state index contributed by atoms with van der Waals surface area (Å²) in [6.45, 7) is 8.24. The molecular weight excluding hydrogens is 196 g/mol. The third-order valence-corrected chi connectivity index (χ3v) is 3.56. The van der Waals surface area contributed by atoms with Crippen LogP contribution in [0.2, 0.25) is 0 Å². The predicted octanol–water partition coefficient (Wildman–Crippen LogP) is 2.89. The molecular formula is C14H30N2. The highest BCUT2D eigenvalue weighted by atomic mass is 15.1. The zero-order chi connectivity index (χ0) is 11.8. The molecule has 0 bridgehead atoms. The van der Waals surface area contributed by atoms with Gasteiger partial charge in [-0.3, -0.25) is 0 Å². The second-order valence-corrected chi connectivity index (χ2v) is 5.73. The molecule has 1 aliphatic carbocycles. The first-order chi connectivity index (χ1) is 7.68. The lowest BCUT2D eigenvalue weighted by Crippen LogP contribution is -2.30. The molecule has 1 fully saturated rings. The van der Waals surface area contributed by atoms with Crippen molar-refractivity contribution in [2.24, 2.45) is 5.92 Å². The van der Waals surface area contributed by atoms with Crippen molar-refractivity contribution in [3.63, 3.8) is 0 Å². The molecule has 0 aliphatic heterocycles. The molecule has 1 rings (SSSR count). The second kappa shape index (κ2) is 8.08. The van der Waals surface area contributed by atoms with Crippen molar-refractivity contribution in [1.29, 1.82) is 0 Å². The average Bonchev–Trinajstić information content (AvgIpc) is 2.17. The van der Waals surface area contributed by atoms with Crippen LogP contribution in [-0.2, 0) is 0 Å². The van der Waals surface area contributed by atoms with E-state index in [1.54, 1.807) is 0 Å². The topological polar surface area (TPSA) is 15.3 Å². The van der Waals surface area contributed by atoms with E-state index in [4.69, 9.17) is 0 Å². The maximum atomic E-state index is 3.47. The van der Waals surface area contributed by atoms with Crippen molar-refractivity contribution >= 4 is 0 Å². The van der Waals surface area contributed by atoms with Gasteiger partial charge in [-0.2, -0.15) is 0 Å². The van der Waals surface area contributed by atoms with Crippen molar-refractivity contribution in [3.8, 4) is 0 Å². The molecule has 0 unspecified atom stereocenters. The first-order valence-corrected chi connectivity index (χ1v) is 7.10. The van der Waals surface area contributed by atoms with Gasteiger partial charge in [-0.25, -0.2) is 0 Å². The molecule has 1 aliphatic rings. The molecule has 0 heterocycles. The third kappa shape index (κ3) is 6.49. The van der Waals surface area contributed by atoms with Gasteiger partial charge in [0.25, 0.3) is 0 Å². The van der Waals surface area contributed by atoms with Crippen molar-refractivity contribution in [3.05, 3.63) is 0 Å². The zero-order valence-electron chi connectivity index (χ0n) is 11.5. The number of nitrogens with one attached hydrogen (secondary N) is 1.